The number of para-hydroxylation sites is 1. The Morgan fingerprint density at radius 3 is 2.89 bits per heavy atom. The van der Waals surface area contributed by atoms with Crippen molar-refractivity contribution in [2.45, 2.75) is 25.8 Å². The molecule has 1 aliphatic rings. The SMILES string of the molecule is Cc1ccc2nc(NC(=O)CC[C@H]3NC(=O)c4ccccc4NC3=O)sc2c1. The average molecular weight is 394 g/mol. The van der Waals surface area contributed by atoms with Gasteiger partial charge in [0.05, 0.1) is 21.5 Å². The summed E-state index contributed by atoms with van der Waals surface area (Å²) in [6, 6.07) is 11.9. The summed E-state index contributed by atoms with van der Waals surface area (Å²) < 4.78 is 1.00. The number of anilines is 2. The summed E-state index contributed by atoms with van der Waals surface area (Å²) in [5.41, 5.74) is 2.85. The van der Waals surface area contributed by atoms with Gasteiger partial charge in [-0.25, -0.2) is 4.98 Å². The second-order valence-electron chi connectivity index (χ2n) is 6.64. The van der Waals surface area contributed by atoms with Crippen LogP contribution in [0.5, 0.6) is 0 Å². The third kappa shape index (κ3) is 3.72. The summed E-state index contributed by atoms with van der Waals surface area (Å²) in [7, 11) is 0. The van der Waals surface area contributed by atoms with E-state index in [1.165, 1.54) is 11.3 Å². The lowest BCUT2D eigenvalue weighted by molar-refractivity contribution is -0.118. The fourth-order valence-corrected chi connectivity index (χ4v) is 4.04. The van der Waals surface area contributed by atoms with Gasteiger partial charge in [0.2, 0.25) is 11.8 Å². The van der Waals surface area contributed by atoms with Crippen molar-refractivity contribution >= 4 is 50.1 Å². The molecule has 2 aromatic carbocycles. The minimum Gasteiger partial charge on any atom is -0.340 e. The fourth-order valence-electron chi connectivity index (χ4n) is 3.06. The summed E-state index contributed by atoms with van der Waals surface area (Å²) in [4.78, 5) is 41.4. The topological polar surface area (TPSA) is 100 Å². The van der Waals surface area contributed by atoms with E-state index in [9.17, 15) is 14.4 Å². The number of fused-ring (bicyclic) bond motifs is 2. The van der Waals surface area contributed by atoms with Crippen molar-refractivity contribution in [1.29, 1.82) is 0 Å². The highest BCUT2D eigenvalue weighted by molar-refractivity contribution is 7.22. The van der Waals surface area contributed by atoms with Crippen LogP contribution >= 0.6 is 11.3 Å². The molecule has 1 atom stereocenters. The van der Waals surface area contributed by atoms with Gasteiger partial charge in [-0.3, -0.25) is 14.4 Å². The Morgan fingerprint density at radius 2 is 2.04 bits per heavy atom. The van der Waals surface area contributed by atoms with E-state index in [1.54, 1.807) is 24.3 Å². The third-order valence-electron chi connectivity index (χ3n) is 4.50. The first-order valence-electron chi connectivity index (χ1n) is 8.87. The van der Waals surface area contributed by atoms with E-state index in [-0.39, 0.29) is 30.6 Å². The fraction of sp³-hybridized carbons (Fsp3) is 0.200. The molecule has 2 heterocycles. The van der Waals surface area contributed by atoms with Gasteiger partial charge in [-0.05, 0) is 43.2 Å². The molecule has 0 aliphatic carbocycles. The van der Waals surface area contributed by atoms with Gasteiger partial charge in [0, 0.05) is 6.42 Å². The van der Waals surface area contributed by atoms with Gasteiger partial charge in [-0.1, -0.05) is 29.5 Å². The minimum absolute atomic E-state index is 0.0870. The van der Waals surface area contributed by atoms with Gasteiger partial charge in [0.25, 0.3) is 5.91 Å². The molecule has 3 N–H and O–H groups in total. The van der Waals surface area contributed by atoms with Gasteiger partial charge in [0.1, 0.15) is 6.04 Å². The number of nitrogens with zero attached hydrogens (tertiary/aromatic N) is 1. The van der Waals surface area contributed by atoms with Gasteiger partial charge in [-0.15, -0.1) is 0 Å². The lowest BCUT2D eigenvalue weighted by Gasteiger charge is -2.13. The predicted molar refractivity (Wildman–Crippen MR) is 109 cm³/mol. The molecular formula is C20H18N4O3S. The molecule has 0 radical (unpaired) electrons. The van der Waals surface area contributed by atoms with Crippen LogP contribution in [-0.2, 0) is 9.59 Å². The molecule has 1 aliphatic heterocycles. The van der Waals surface area contributed by atoms with E-state index in [0.29, 0.717) is 16.4 Å². The minimum atomic E-state index is -0.774. The Bertz CT molecular complexity index is 1090. The van der Waals surface area contributed by atoms with E-state index in [2.05, 4.69) is 20.9 Å². The van der Waals surface area contributed by atoms with Crippen LogP contribution in [-0.4, -0.2) is 28.7 Å². The zero-order valence-electron chi connectivity index (χ0n) is 15.1. The van der Waals surface area contributed by atoms with Crippen LogP contribution < -0.4 is 16.0 Å². The molecule has 28 heavy (non-hydrogen) atoms. The number of rotatable bonds is 4. The summed E-state index contributed by atoms with van der Waals surface area (Å²) in [6.45, 7) is 2.00. The van der Waals surface area contributed by atoms with Gasteiger partial charge < -0.3 is 16.0 Å². The molecule has 4 rings (SSSR count). The maximum absolute atomic E-state index is 12.4. The van der Waals surface area contributed by atoms with Gasteiger partial charge in [0.15, 0.2) is 5.13 Å². The van der Waals surface area contributed by atoms with Crippen LogP contribution in [0.2, 0.25) is 0 Å². The maximum atomic E-state index is 12.4. The molecule has 0 spiro atoms. The normalized spacial score (nSPS) is 16.1. The van der Waals surface area contributed by atoms with Crippen molar-refractivity contribution < 1.29 is 14.4 Å². The van der Waals surface area contributed by atoms with E-state index >= 15 is 0 Å². The predicted octanol–water partition coefficient (Wildman–Crippen LogP) is 3.07. The van der Waals surface area contributed by atoms with Crippen molar-refractivity contribution in [2.24, 2.45) is 0 Å². The highest BCUT2D eigenvalue weighted by Gasteiger charge is 2.27. The van der Waals surface area contributed by atoms with Crippen LogP contribution in [0.4, 0.5) is 10.8 Å². The van der Waals surface area contributed by atoms with Crippen LogP contribution in [0.15, 0.2) is 42.5 Å². The molecule has 0 saturated carbocycles. The molecule has 0 bridgehead atoms. The summed E-state index contributed by atoms with van der Waals surface area (Å²) in [5, 5.41) is 8.72. The maximum Gasteiger partial charge on any atom is 0.254 e. The van der Waals surface area contributed by atoms with Gasteiger partial charge in [-0.2, -0.15) is 0 Å². The van der Waals surface area contributed by atoms with Crippen LogP contribution in [0, 0.1) is 6.92 Å². The number of amides is 3. The van der Waals surface area contributed by atoms with E-state index in [4.69, 9.17) is 0 Å². The zero-order chi connectivity index (χ0) is 19.7. The van der Waals surface area contributed by atoms with Crippen molar-refractivity contribution in [2.75, 3.05) is 10.6 Å². The summed E-state index contributed by atoms with van der Waals surface area (Å²) in [5.74, 6) is -0.915. The molecule has 142 valence electrons. The van der Waals surface area contributed by atoms with Crippen LogP contribution in [0.1, 0.15) is 28.8 Å². The van der Waals surface area contributed by atoms with E-state index < -0.39 is 6.04 Å². The number of carbonyl (C=O) groups is 3. The van der Waals surface area contributed by atoms with Crippen LogP contribution in [0.25, 0.3) is 10.2 Å². The number of hydrogen-bond donors (Lipinski definition) is 3. The summed E-state index contributed by atoms with van der Waals surface area (Å²) in [6.07, 6.45) is 0.283. The lowest BCUT2D eigenvalue weighted by Crippen LogP contribution is -2.41. The molecule has 8 heteroatoms. The molecule has 3 amide bonds. The number of nitrogens with one attached hydrogen (secondary N) is 3. The monoisotopic (exact) mass is 394 g/mol. The zero-order valence-corrected chi connectivity index (χ0v) is 15.9. The molecule has 7 nitrogen and oxygen atoms in total. The Hall–Kier alpha value is -3.26. The number of thiazole rings is 1. The molecule has 0 fully saturated rings. The molecular weight excluding hydrogens is 376 g/mol. The highest BCUT2D eigenvalue weighted by atomic mass is 32.1. The van der Waals surface area contributed by atoms with E-state index in [0.717, 1.165) is 15.8 Å². The first kappa shape index (κ1) is 18.1. The summed E-state index contributed by atoms with van der Waals surface area (Å²) >= 11 is 1.41. The van der Waals surface area contributed by atoms with Crippen molar-refractivity contribution in [3.8, 4) is 0 Å². The number of aryl methyl sites for hydroxylation is 1. The Labute approximate surface area is 165 Å². The molecule has 0 saturated heterocycles. The largest absolute Gasteiger partial charge is 0.340 e. The second-order valence-corrected chi connectivity index (χ2v) is 7.67. The average Bonchev–Trinajstić information content (AvgIpc) is 3.00. The highest BCUT2D eigenvalue weighted by Crippen LogP contribution is 2.27. The van der Waals surface area contributed by atoms with Gasteiger partial charge >= 0.3 is 0 Å². The second kappa shape index (κ2) is 7.40. The Kier molecular flexibility index (Phi) is 4.79. The lowest BCUT2D eigenvalue weighted by atomic mass is 10.1. The molecule has 1 aromatic heterocycles. The number of carbonyl (C=O) groups excluding carboxylic acids is 3. The van der Waals surface area contributed by atoms with Crippen LogP contribution in [0.3, 0.4) is 0 Å². The number of benzene rings is 2. The number of aromatic nitrogens is 1. The Balaban J connectivity index is 1.39. The third-order valence-corrected chi connectivity index (χ3v) is 5.44. The first-order valence-corrected chi connectivity index (χ1v) is 9.69. The quantitative estimate of drug-likeness (QED) is 0.633. The Morgan fingerprint density at radius 1 is 1.21 bits per heavy atom. The van der Waals surface area contributed by atoms with Crippen molar-refractivity contribution in [3.63, 3.8) is 0 Å². The van der Waals surface area contributed by atoms with E-state index in [1.807, 2.05) is 25.1 Å². The smallest absolute Gasteiger partial charge is 0.254 e. The van der Waals surface area contributed by atoms with Crippen molar-refractivity contribution in [3.05, 3.63) is 53.6 Å². The van der Waals surface area contributed by atoms with Crippen molar-refractivity contribution in [1.82, 2.24) is 10.3 Å². The molecule has 3 aromatic rings. The number of hydrogen-bond acceptors (Lipinski definition) is 5. The molecule has 0 unspecified atom stereocenters. The standard InChI is InChI=1S/C20H18N4O3S/c1-11-6-7-14-16(10-11)28-20(23-14)24-17(25)9-8-15-19(27)21-13-5-3-2-4-12(13)18(26)22-15/h2-7,10,15H,8-9H2,1H3,(H,21,27)(H,22,26)(H,23,24,25)/t15-/m1/s1. The first-order chi connectivity index (χ1) is 13.5.